The van der Waals surface area contributed by atoms with Gasteiger partial charge in [-0.2, -0.15) is 0 Å². The Labute approximate surface area is 153 Å². The van der Waals surface area contributed by atoms with Gasteiger partial charge < -0.3 is 20.9 Å². The third kappa shape index (κ3) is 2.39. The lowest BCUT2D eigenvalue weighted by molar-refractivity contribution is -0.164. The summed E-state index contributed by atoms with van der Waals surface area (Å²) in [5, 5.41) is 14.3. The number of benzene rings is 2. The highest BCUT2D eigenvalue weighted by molar-refractivity contribution is 6.31. The molecule has 4 N–H and O–H groups in total. The second-order valence-corrected chi connectivity index (χ2v) is 6.30. The molecule has 0 fully saturated rings. The Morgan fingerprint density at radius 2 is 2.00 bits per heavy atom. The summed E-state index contributed by atoms with van der Waals surface area (Å²) in [7, 11) is 0. The van der Waals surface area contributed by atoms with Crippen molar-refractivity contribution >= 4 is 29.2 Å². The van der Waals surface area contributed by atoms with Crippen LogP contribution in [0, 0.1) is 5.82 Å². The fourth-order valence-electron chi connectivity index (χ4n) is 3.12. The molecule has 136 valence electrons. The minimum atomic E-state index is -2.62. The number of anilines is 1. The van der Waals surface area contributed by atoms with E-state index in [0.29, 0.717) is 0 Å². The zero-order valence-electron chi connectivity index (χ0n) is 13.8. The highest BCUT2D eigenvalue weighted by atomic mass is 35.5. The average molecular weight is 379 g/mol. The Morgan fingerprint density at radius 1 is 1.31 bits per heavy atom. The van der Waals surface area contributed by atoms with Crippen LogP contribution >= 0.6 is 11.6 Å². The van der Waals surface area contributed by atoms with E-state index in [0.717, 1.165) is 6.07 Å². The second kappa shape index (κ2) is 6.35. The van der Waals surface area contributed by atoms with Crippen molar-refractivity contribution in [3.63, 3.8) is 0 Å². The number of aliphatic hydroxyl groups is 1. The average Bonchev–Trinajstić information content (AvgIpc) is 2.61. The number of fused-ring (bicyclic) bond motifs is 1. The molecule has 0 aliphatic carbocycles. The molecule has 8 heteroatoms. The van der Waals surface area contributed by atoms with Crippen molar-refractivity contribution in [3.8, 4) is 0 Å². The molecule has 0 radical (unpaired) electrons. The van der Waals surface area contributed by atoms with Gasteiger partial charge in [0.15, 0.2) is 5.60 Å². The van der Waals surface area contributed by atoms with Gasteiger partial charge in [-0.1, -0.05) is 29.8 Å². The molecule has 1 aliphatic heterocycles. The topological polar surface area (TPSA) is 102 Å². The summed E-state index contributed by atoms with van der Waals surface area (Å²) in [5.74, 6) is -3.04. The van der Waals surface area contributed by atoms with Crippen LogP contribution in [0.1, 0.15) is 18.1 Å². The highest BCUT2D eigenvalue weighted by Crippen LogP contribution is 2.47. The largest absolute Gasteiger partial charge is 0.464 e. The fourth-order valence-corrected chi connectivity index (χ4v) is 3.29. The van der Waals surface area contributed by atoms with Crippen LogP contribution in [0.3, 0.4) is 0 Å². The number of nitrogens with two attached hydrogens (primary N) is 1. The standard InChI is InChI=1S/C18H16ClFN2O4/c1-2-26-16(24)17(21)15(23)22-14-8-7-10(19)9-12(14)18(17,25)11-5-3-4-6-13(11)20/h3-9,25H,2,21H2,1H3,(H,22,23). The number of carbonyl (C=O) groups excluding carboxylic acids is 2. The minimum absolute atomic E-state index is 0.00902. The molecule has 0 aromatic heterocycles. The maximum Gasteiger partial charge on any atom is 0.339 e. The van der Waals surface area contributed by atoms with Crippen molar-refractivity contribution in [2.75, 3.05) is 11.9 Å². The van der Waals surface area contributed by atoms with E-state index < -0.39 is 28.8 Å². The van der Waals surface area contributed by atoms with E-state index >= 15 is 0 Å². The Balaban J connectivity index is 2.40. The van der Waals surface area contributed by atoms with Gasteiger partial charge in [-0.05, 0) is 31.2 Å². The summed E-state index contributed by atoms with van der Waals surface area (Å²) in [5.41, 5.74) is 0.788. The molecular weight excluding hydrogens is 363 g/mol. The van der Waals surface area contributed by atoms with E-state index in [-0.39, 0.29) is 28.4 Å². The van der Waals surface area contributed by atoms with Gasteiger partial charge in [0.2, 0.25) is 5.54 Å². The van der Waals surface area contributed by atoms with E-state index in [2.05, 4.69) is 5.32 Å². The molecular formula is C18H16ClFN2O4. The summed E-state index contributed by atoms with van der Waals surface area (Å²) in [4.78, 5) is 25.3. The van der Waals surface area contributed by atoms with Crippen LogP contribution in [0.5, 0.6) is 0 Å². The van der Waals surface area contributed by atoms with Gasteiger partial charge in [-0.25, -0.2) is 9.18 Å². The third-order valence-corrected chi connectivity index (χ3v) is 4.64. The predicted molar refractivity (Wildman–Crippen MR) is 93.0 cm³/mol. The monoisotopic (exact) mass is 378 g/mol. The molecule has 0 bridgehead atoms. The lowest BCUT2D eigenvalue weighted by atomic mass is 9.67. The number of carbonyl (C=O) groups is 2. The number of nitrogens with one attached hydrogen (secondary N) is 1. The number of rotatable bonds is 3. The van der Waals surface area contributed by atoms with Crippen molar-refractivity contribution in [2.45, 2.75) is 18.1 Å². The van der Waals surface area contributed by atoms with Gasteiger partial charge in [0.25, 0.3) is 5.91 Å². The van der Waals surface area contributed by atoms with E-state index in [4.69, 9.17) is 22.1 Å². The van der Waals surface area contributed by atoms with Crippen LogP contribution in [-0.4, -0.2) is 29.1 Å². The van der Waals surface area contributed by atoms with Crippen molar-refractivity contribution in [2.24, 2.45) is 5.73 Å². The molecule has 0 saturated carbocycles. The summed E-state index contributed by atoms with van der Waals surface area (Å²) in [6.45, 7) is 1.44. The number of ether oxygens (including phenoxy) is 1. The number of amides is 1. The van der Waals surface area contributed by atoms with Gasteiger partial charge in [0.1, 0.15) is 5.82 Å². The molecule has 1 heterocycles. The highest BCUT2D eigenvalue weighted by Gasteiger charge is 2.65. The molecule has 3 rings (SSSR count). The summed E-state index contributed by atoms with van der Waals surface area (Å²) in [6, 6.07) is 9.45. The molecule has 1 amide bonds. The normalized spacial score (nSPS) is 24.6. The zero-order chi connectivity index (χ0) is 19.1. The molecule has 1 aliphatic rings. The van der Waals surface area contributed by atoms with Crippen LogP contribution in [0.4, 0.5) is 10.1 Å². The summed E-state index contributed by atoms with van der Waals surface area (Å²) in [6.07, 6.45) is 0. The van der Waals surface area contributed by atoms with Crippen LogP contribution in [0.2, 0.25) is 5.02 Å². The van der Waals surface area contributed by atoms with E-state index in [1.165, 1.54) is 43.3 Å². The Bertz CT molecular complexity index is 907. The molecule has 0 saturated heterocycles. The first-order chi connectivity index (χ1) is 12.3. The van der Waals surface area contributed by atoms with Crippen molar-refractivity contribution in [3.05, 3.63) is 64.4 Å². The van der Waals surface area contributed by atoms with Crippen LogP contribution in [0.25, 0.3) is 0 Å². The summed E-state index contributed by atoms with van der Waals surface area (Å²) >= 11 is 6.03. The molecule has 0 spiro atoms. The van der Waals surface area contributed by atoms with Gasteiger partial charge >= 0.3 is 5.97 Å². The molecule has 2 aromatic carbocycles. The number of hydrogen-bond acceptors (Lipinski definition) is 5. The number of esters is 1. The summed E-state index contributed by atoms with van der Waals surface area (Å²) < 4.78 is 19.5. The van der Waals surface area contributed by atoms with Gasteiger partial charge in [-0.3, -0.25) is 4.79 Å². The zero-order valence-corrected chi connectivity index (χ0v) is 14.5. The lowest BCUT2D eigenvalue weighted by Crippen LogP contribution is -2.73. The van der Waals surface area contributed by atoms with Gasteiger partial charge in [0.05, 0.1) is 6.61 Å². The second-order valence-electron chi connectivity index (χ2n) is 5.86. The van der Waals surface area contributed by atoms with E-state index in [1.54, 1.807) is 0 Å². The molecule has 2 aromatic rings. The SMILES string of the molecule is CCOC(=O)C1(N)C(=O)Nc2ccc(Cl)cc2C1(O)c1ccccc1F. The van der Waals surface area contributed by atoms with Crippen LogP contribution in [0.15, 0.2) is 42.5 Å². The van der Waals surface area contributed by atoms with Crippen LogP contribution in [-0.2, 0) is 19.9 Å². The molecule has 26 heavy (non-hydrogen) atoms. The van der Waals surface area contributed by atoms with Gasteiger partial charge in [-0.15, -0.1) is 0 Å². The maximum atomic E-state index is 14.6. The molecule has 2 unspecified atom stereocenters. The molecule has 2 atom stereocenters. The number of halogens is 2. The first kappa shape index (κ1) is 18.3. The van der Waals surface area contributed by atoms with Crippen molar-refractivity contribution < 1.29 is 23.8 Å². The minimum Gasteiger partial charge on any atom is -0.464 e. The lowest BCUT2D eigenvalue weighted by Gasteiger charge is -2.45. The van der Waals surface area contributed by atoms with Crippen molar-refractivity contribution in [1.29, 1.82) is 0 Å². The predicted octanol–water partition coefficient (Wildman–Crippen LogP) is 1.93. The van der Waals surface area contributed by atoms with E-state index in [9.17, 15) is 19.1 Å². The Morgan fingerprint density at radius 3 is 2.65 bits per heavy atom. The first-order valence-electron chi connectivity index (χ1n) is 7.81. The maximum absolute atomic E-state index is 14.6. The Hall–Kier alpha value is -2.48. The van der Waals surface area contributed by atoms with Crippen molar-refractivity contribution in [1.82, 2.24) is 0 Å². The van der Waals surface area contributed by atoms with Gasteiger partial charge in [0, 0.05) is 21.8 Å². The molecule has 6 nitrogen and oxygen atoms in total. The fraction of sp³-hybridized carbons (Fsp3) is 0.222. The van der Waals surface area contributed by atoms with Crippen LogP contribution < -0.4 is 11.1 Å². The Kier molecular flexibility index (Phi) is 4.47. The first-order valence-corrected chi connectivity index (χ1v) is 8.19. The number of hydrogen-bond donors (Lipinski definition) is 3. The van der Waals surface area contributed by atoms with E-state index in [1.807, 2.05) is 0 Å². The quantitative estimate of drug-likeness (QED) is 0.559. The smallest absolute Gasteiger partial charge is 0.339 e. The third-order valence-electron chi connectivity index (χ3n) is 4.41.